The number of piperidine rings is 1. The van der Waals surface area contributed by atoms with Crippen molar-refractivity contribution < 1.29 is 23.7 Å². The molecular weight excluding hydrogens is 518 g/mol. The Kier molecular flexibility index (Phi) is 8.06. The first kappa shape index (κ1) is 26.5. The number of rotatable bonds is 9. The van der Waals surface area contributed by atoms with Gasteiger partial charge in [0.25, 0.3) is 5.91 Å². The molecule has 0 atom stereocenters. The largest absolute Gasteiger partial charge is 0.493 e. The van der Waals surface area contributed by atoms with Crippen LogP contribution in [-0.4, -0.2) is 68.5 Å². The van der Waals surface area contributed by atoms with Gasteiger partial charge in [-0.3, -0.25) is 9.69 Å². The summed E-state index contributed by atoms with van der Waals surface area (Å²) in [5.41, 5.74) is 9.92. The molecule has 2 aromatic carbocycles. The van der Waals surface area contributed by atoms with Gasteiger partial charge in [0.1, 0.15) is 0 Å². The summed E-state index contributed by atoms with van der Waals surface area (Å²) in [7, 11) is 1.46. The minimum Gasteiger partial charge on any atom is -0.493 e. The van der Waals surface area contributed by atoms with Crippen LogP contribution in [0.4, 0.5) is 5.82 Å². The molecule has 14 heteroatoms. The SMILES string of the molecule is COc1cc(/C=N/NC(=O)c2nnn(-c3nonc3N)c2CN2CCCCC2)ccc1OC(=O)c1ccccc1. The highest BCUT2D eigenvalue weighted by Crippen LogP contribution is 2.28. The zero-order chi connectivity index (χ0) is 27.9. The number of ether oxygens (including phenoxy) is 2. The Morgan fingerprint density at radius 1 is 1.10 bits per heavy atom. The van der Waals surface area contributed by atoms with Crippen LogP contribution < -0.4 is 20.6 Å². The van der Waals surface area contributed by atoms with E-state index in [1.807, 2.05) is 6.07 Å². The van der Waals surface area contributed by atoms with Gasteiger partial charge in [-0.1, -0.05) is 29.8 Å². The van der Waals surface area contributed by atoms with Crippen molar-refractivity contribution in [3.05, 3.63) is 71.0 Å². The zero-order valence-electron chi connectivity index (χ0n) is 21.7. The maximum Gasteiger partial charge on any atom is 0.343 e. The summed E-state index contributed by atoms with van der Waals surface area (Å²) < 4.78 is 16.9. The second-order valence-electron chi connectivity index (χ2n) is 8.97. The van der Waals surface area contributed by atoms with E-state index in [9.17, 15) is 9.59 Å². The number of methoxy groups -OCH3 is 1. The van der Waals surface area contributed by atoms with Crippen molar-refractivity contribution in [2.24, 2.45) is 5.10 Å². The normalized spacial score (nSPS) is 13.8. The predicted octanol–water partition coefficient (Wildman–Crippen LogP) is 2.21. The highest BCUT2D eigenvalue weighted by molar-refractivity contribution is 5.94. The average Bonchev–Trinajstić information content (AvgIpc) is 3.60. The number of esters is 1. The predicted molar refractivity (Wildman–Crippen MR) is 142 cm³/mol. The first-order valence-electron chi connectivity index (χ1n) is 12.6. The third-order valence-corrected chi connectivity index (χ3v) is 6.28. The number of hydrazone groups is 1. The smallest absolute Gasteiger partial charge is 0.343 e. The molecule has 1 fully saturated rings. The van der Waals surface area contributed by atoms with E-state index < -0.39 is 11.9 Å². The standard InChI is InChI=1S/C26H27N9O5/c1-38-21-14-17(10-11-20(21)39-26(37)18-8-4-2-5-9-18)15-28-30-25(36)22-19(16-34-12-6-3-7-13-34)35(33-29-22)24-23(27)31-40-32-24/h2,4-5,8-11,14-15H,3,6-7,12-13,16H2,1H3,(H2,27,31)(H,30,36)/b28-15+. The quantitative estimate of drug-likeness (QED) is 0.136. The number of carbonyl (C=O) groups excluding carboxylic acids is 2. The van der Waals surface area contributed by atoms with Crippen LogP contribution in [0.25, 0.3) is 5.82 Å². The molecule has 5 rings (SSSR count). The molecule has 4 aromatic rings. The number of hydrogen-bond donors (Lipinski definition) is 2. The number of likely N-dealkylation sites (tertiary alicyclic amines) is 1. The van der Waals surface area contributed by atoms with E-state index in [2.05, 4.69) is 36.1 Å². The molecular formula is C26H27N9O5. The lowest BCUT2D eigenvalue weighted by molar-refractivity contribution is 0.0729. The number of nitrogens with zero attached hydrogens (tertiary/aromatic N) is 7. The van der Waals surface area contributed by atoms with E-state index in [-0.39, 0.29) is 23.1 Å². The molecule has 206 valence electrons. The summed E-state index contributed by atoms with van der Waals surface area (Å²) in [6.07, 6.45) is 4.72. The van der Waals surface area contributed by atoms with Crippen molar-refractivity contribution in [2.75, 3.05) is 25.9 Å². The third-order valence-electron chi connectivity index (χ3n) is 6.28. The Balaban J connectivity index is 1.30. The van der Waals surface area contributed by atoms with E-state index in [1.165, 1.54) is 18.0 Å². The van der Waals surface area contributed by atoms with Gasteiger partial charge in [0.15, 0.2) is 17.2 Å². The molecule has 1 aliphatic heterocycles. The van der Waals surface area contributed by atoms with Gasteiger partial charge >= 0.3 is 5.97 Å². The van der Waals surface area contributed by atoms with Crippen LogP contribution >= 0.6 is 0 Å². The zero-order valence-corrected chi connectivity index (χ0v) is 21.7. The molecule has 0 radical (unpaired) electrons. The third kappa shape index (κ3) is 5.96. The monoisotopic (exact) mass is 545 g/mol. The maximum absolute atomic E-state index is 13.1. The Labute approximate surface area is 228 Å². The van der Waals surface area contributed by atoms with Crippen LogP contribution in [0.3, 0.4) is 0 Å². The van der Waals surface area contributed by atoms with Gasteiger partial charge in [0, 0.05) is 6.54 Å². The molecule has 1 aliphatic rings. The summed E-state index contributed by atoms with van der Waals surface area (Å²) >= 11 is 0. The van der Waals surface area contributed by atoms with E-state index >= 15 is 0 Å². The molecule has 40 heavy (non-hydrogen) atoms. The minimum absolute atomic E-state index is 0.0293. The summed E-state index contributed by atoms with van der Waals surface area (Å²) in [4.78, 5) is 27.7. The first-order chi connectivity index (χ1) is 19.5. The molecule has 0 spiro atoms. The Morgan fingerprint density at radius 2 is 1.90 bits per heavy atom. The summed E-state index contributed by atoms with van der Waals surface area (Å²) in [5.74, 6) is -0.318. The van der Waals surface area contributed by atoms with Gasteiger partial charge in [-0.15, -0.1) is 5.10 Å². The van der Waals surface area contributed by atoms with Crippen LogP contribution in [0.5, 0.6) is 11.5 Å². The van der Waals surface area contributed by atoms with Crippen molar-refractivity contribution in [3.8, 4) is 17.3 Å². The molecule has 14 nitrogen and oxygen atoms in total. The van der Waals surface area contributed by atoms with Crippen LogP contribution in [0.15, 0.2) is 58.3 Å². The summed E-state index contributed by atoms with van der Waals surface area (Å²) in [6, 6.07) is 13.5. The first-order valence-corrected chi connectivity index (χ1v) is 12.6. The maximum atomic E-state index is 13.1. The van der Waals surface area contributed by atoms with Crippen LogP contribution in [0.2, 0.25) is 0 Å². The van der Waals surface area contributed by atoms with Gasteiger partial charge in [-0.2, -0.15) is 9.78 Å². The molecule has 0 unspecified atom stereocenters. The minimum atomic E-state index is -0.565. The van der Waals surface area contributed by atoms with Gasteiger partial charge < -0.3 is 15.2 Å². The fraction of sp³-hybridized carbons (Fsp3) is 0.269. The van der Waals surface area contributed by atoms with Crippen LogP contribution in [-0.2, 0) is 6.54 Å². The Hall–Kier alpha value is -5.11. The van der Waals surface area contributed by atoms with Gasteiger partial charge in [-0.25, -0.2) is 14.8 Å². The van der Waals surface area contributed by atoms with Gasteiger partial charge in [0.05, 0.1) is 24.6 Å². The summed E-state index contributed by atoms with van der Waals surface area (Å²) in [6.45, 7) is 2.18. The number of nitrogens with one attached hydrogen (secondary N) is 1. The number of carbonyl (C=O) groups is 2. The average molecular weight is 546 g/mol. The summed E-state index contributed by atoms with van der Waals surface area (Å²) in [5, 5.41) is 19.6. The number of anilines is 1. The molecule has 1 amide bonds. The molecule has 1 saturated heterocycles. The van der Waals surface area contributed by atoms with E-state index in [0.717, 1.165) is 32.4 Å². The molecule has 2 aromatic heterocycles. The van der Waals surface area contributed by atoms with E-state index in [0.29, 0.717) is 29.1 Å². The number of nitrogen functional groups attached to an aromatic ring is 1. The highest BCUT2D eigenvalue weighted by Gasteiger charge is 2.26. The fourth-order valence-electron chi connectivity index (χ4n) is 4.26. The number of benzene rings is 2. The lowest BCUT2D eigenvalue weighted by Crippen LogP contribution is -2.31. The van der Waals surface area contributed by atoms with Crippen molar-refractivity contribution in [3.63, 3.8) is 0 Å². The lowest BCUT2D eigenvalue weighted by Gasteiger charge is -2.26. The van der Waals surface area contributed by atoms with Crippen molar-refractivity contribution >= 4 is 23.9 Å². The van der Waals surface area contributed by atoms with Crippen LogP contribution in [0, 0.1) is 0 Å². The van der Waals surface area contributed by atoms with Gasteiger partial charge in [0.2, 0.25) is 11.6 Å². The number of amides is 1. The van der Waals surface area contributed by atoms with Crippen molar-refractivity contribution in [2.45, 2.75) is 25.8 Å². The highest BCUT2D eigenvalue weighted by atomic mass is 16.6. The van der Waals surface area contributed by atoms with E-state index in [1.54, 1.807) is 42.5 Å². The topological polar surface area (TPSA) is 176 Å². The molecule has 0 aliphatic carbocycles. The molecule has 0 bridgehead atoms. The molecule has 0 saturated carbocycles. The van der Waals surface area contributed by atoms with Crippen molar-refractivity contribution in [1.82, 2.24) is 35.6 Å². The van der Waals surface area contributed by atoms with Gasteiger partial charge in [-0.05, 0) is 72.1 Å². The number of aromatic nitrogens is 5. The number of hydrogen-bond acceptors (Lipinski definition) is 12. The Bertz CT molecular complexity index is 1510. The second kappa shape index (κ2) is 12.2. The number of nitrogens with two attached hydrogens (primary N) is 1. The molecule has 3 heterocycles. The van der Waals surface area contributed by atoms with E-state index in [4.69, 9.17) is 19.8 Å². The second-order valence-corrected chi connectivity index (χ2v) is 8.97. The fourth-order valence-corrected chi connectivity index (χ4v) is 4.26. The molecule has 3 N–H and O–H groups in total. The Morgan fingerprint density at radius 3 is 2.62 bits per heavy atom. The van der Waals surface area contributed by atoms with Crippen LogP contribution in [0.1, 0.15) is 51.4 Å². The van der Waals surface area contributed by atoms with Crippen molar-refractivity contribution in [1.29, 1.82) is 0 Å². The lowest BCUT2D eigenvalue weighted by atomic mass is 10.1.